The summed E-state index contributed by atoms with van der Waals surface area (Å²) in [7, 11) is 1.83. The Balaban J connectivity index is 1.72. The van der Waals surface area contributed by atoms with E-state index in [1.165, 1.54) is 11.1 Å². The van der Waals surface area contributed by atoms with Gasteiger partial charge in [-0.1, -0.05) is 44.2 Å². The van der Waals surface area contributed by atoms with Crippen LogP contribution < -0.4 is 11.1 Å². The van der Waals surface area contributed by atoms with E-state index in [0.717, 1.165) is 6.42 Å². The van der Waals surface area contributed by atoms with Gasteiger partial charge in [0.15, 0.2) is 0 Å². The molecule has 1 aromatic rings. The second-order valence-electron chi connectivity index (χ2n) is 8.39. The van der Waals surface area contributed by atoms with Crippen LogP contribution in [0.15, 0.2) is 35.7 Å². The van der Waals surface area contributed by atoms with E-state index >= 15 is 0 Å². The van der Waals surface area contributed by atoms with Gasteiger partial charge in [-0.3, -0.25) is 4.79 Å². The molecule has 4 rings (SSSR count). The van der Waals surface area contributed by atoms with Crippen LogP contribution >= 0.6 is 11.8 Å². The maximum Gasteiger partial charge on any atom is 0.234 e. The number of hydrogen-bond acceptors (Lipinski definition) is 4. The summed E-state index contributed by atoms with van der Waals surface area (Å²) < 4.78 is 5.99. The molecule has 0 spiro atoms. The molecule has 1 aromatic carbocycles. The van der Waals surface area contributed by atoms with Crippen molar-refractivity contribution in [1.29, 1.82) is 0 Å². The minimum absolute atomic E-state index is 0.00749. The quantitative estimate of drug-likeness (QED) is 0.834. The van der Waals surface area contributed by atoms with Gasteiger partial charge in [0.1, 0.15) is 0 Å². The van der Waals surface area contributed by atoms with Crippen LogP contribution in [0.5, 0.6) is 0 Å². The monoisotopic (exact) mass is 386 g/mol. The Bertz CT molecular complexity index is 720. The van der Waals surface area contributed by atoms with Crippen LogP contribution in [-0.2, 0) is 9.53 Å². The SMILES string of the molecule is COC1CC(C)C2NC(=O)C3SC=CC3C2C1c1ccc([C@@H](C)CN)cc1. The van der Waals surface area contributed by atoms with Gasteiger partial charge in [-0.25, -0.2) is 0 Å². The van der Waals surface area contributed by atoms with Crippen molar-refractivity contribution in [3.05, 3.63) is 46.9 Å². The molecule has 5 heteroatoms. The Morgan fingerprint density at radius 3 is 2.74 bits per heavy atom. The molecule has 1 amide bonds. The summed E-state index contributed by atoms with van der Waals surface area (Å²) in [6.07, 6.45) is 3.40. The molecule has 2 fully saturated rings. The van der Waals surface area contributed by atoms with Crippen molar-refractivity contribution in [1.82, 2.24) is 5.32 Å². The maximum absolute atomic E-state index is 12.6. The van der Waals surface area contributed by atoms with Crippen molar-refractivity contribution < 1.29 is 9.53 Å². The molecule has 3 aliphatic rings. The second-order valence-corrected chi connectivity index (χ2v) is 9.44. The van der Waals surface area contributed by atoms with Gasteiger partial charge in [0, 0.05) is 25.0 Å². The largest absolute Gasteiger partial charge is 0.381 e. The van der Waals surface area contributed by atoms with E-state index in [1.807, 2.05) is 7.11 Å². The van der Waals surface area contributed by atoms with Crippen LogP contribution in [-0.4, -0.2) is 37.0 Å². The third kappa shape index (κ3) is 3.24. The number of amides is 1. The number of allylic oxidation sites excluding steroid dienone is 1. The zero-order valence-electron chi connectivity index (χ0n) is 16.3. The summed E-state index contributed by atoms with van der Waals surface area (Å²) in [6.45, 7) is 5.06. The minimum Gasteiger partial charge on any atom is -0.381 e. The number of carbonyl (C=O) groups excluding carboxylic acids is 1. The zero-order chi connectivity index (χ0) is 19.1. The van der Waals surface area contributed by atoms with E-state index < -0.39 is 0 Å². The Hall–Kier alpha value is -1.30. The summed E-state index contributed by atoms with van der Waals surface area (Å²) in [5, 5.41) is 5.47. The van der Waals surface area contributed by atoms with E-state index in [2.05, 4.69) is 54.9 Å². The van der Waals surface area contributed by atoms with Gasteiger partial charge < -0.3 is 15.8 Å². The first-order valence-corrected chi connectivity index (χ1v) is 10.9. The number of rotatable bonds is 4. The smallest absolute Gasteiger partial charge is 0.234 e. The number of nitrogens with two attached hydrogens (primary N) is 1. The van der Waals surface area contributed by atoms with E-state index in [-0.39, 0.29) is 35.1 Å². The number of carbonyl (C=O) groups is 1. The first-order chi connectivity index (χ1) is 13.0. The predicted molar refractivity (Wildman–Crippen MR) is 111 cm³/mol. The van der Waals surface area contributed by atoms with Crippen LogP contribution in [0.25, 0.3) is 0 Å². The highest BCUT2D eigenvalue weighted by atomic mass is 32.2. The molecule has 27 heavy (non-hydrogen) atoms. The van der Waals surface area contributed by atoms with Gasteiger partial charge >= 0.3 is 0 Å². The van der Waals surface area contributed by atoms with Crippen LogP contribution in [0.3, 0.4) is 0 Å². The number of nitrogens with one attached hydrogen (secondary N) is 1. The van der Waals surface area contributed by atoms with Gasteiger partial charge in [-0.15, -0.1) is 11.8 Å². The molecule has 7 unspecified atom stereocenters. The lowest BCUT2D eigenvalue weighted by atomic mass is 9.60. The van der Waals surface area contributed by atoms with E-state index in [0.29, 0.717) is 24.3 Å². The maximum atomic E-state index is 12.6. The number of thioether (sulfide) groups is 1. The molecule has 3 N–H and O–H groups in total. The number of methoxy groups -OCH3 is 1. The number of hydrogen-bond donors (Lipinski definition) is 2. The Morgan fingerprint density at radius 1 is 1.33 bits per heavy atom. The van der Waals surface area contributed by atoms with Crippen molar-refractivity contribution in [2.24, 2.45) is 23.5 Å². The molecule has 146 valence electrons. The summed E-state index contributed by atoms with van der Waals surface area (Å²) in [4.78, 5) is 12.6. The molecular formula is C22H30N2O2S. The summed E-state index contributed by atoms with van der Waals surface area (Å²) in [5.74, 6) is 1.91. The fourth-order valence-electron chi connectivity index (χ4n) is 5.32. The van der Waals surface area contributed by atoms with Crippen LogP contribution in [0.1, 0.15) is 43.2 Å². The van der Waals surface area contributed by atoms with Crippen LogP contribution in [0.4, 0.5) is 0 Å². The summed E-state index contributed by atoms with van der Waals surface area (Å²) >= 11 is 1.66. The third-order valence-corrected chi connectivity index (χ3v) is 8.02. The average molecular weight is 387 g/mol. The highest BCUT2D eigenvalue weighted by Crippen LogP contribution is 2.52. The lowest BCUT2D eigenvalue weighted by molar-refractivity contribution is -0.128. The number of fused-ring (bicyclic) bond motifs is 3. The van der Waals surface area contributed by atoms with Crippen molar-refractivity contribution in [3.8, 4) is 0 Å². The first kappa shape index (κ1) is 19.0. The summed E-state index contributed by atoms with van der Waals surface area (Å²) in [5.41, 5.74) is 8.43. The summed E-state index contributed by atoms with van der Waals surface area (Å²) in [6, 6.07) is 9.14. The van der Waals surface area contributed by atoms with Gasteiger partial charge in [0.25, 0.3) is 0 Å². The lowest BCUT2D eigenvalue weighted by Crippen LogP contribution is -2.62. The lowest BCUT2D eigenvalue weighted by Gasteiger charge is -2.52. The second kappa shape index (κ2) is 7.61. The Labute approximate surface area is 166 Å². The highest BCUT2D eigenvalue weighted by Gasteiger charge is 2.54. The molecule has 0 aromatic heterocycles. The van der Waals surface area contributed by atoms with Gasteiger partial charge in [0.2, 0.25) is 5.91 Å². The van der Waals surface area contributed by atoms with E-state index in [1.54, 1.807) is 11.8 Å². The molecule has 1 saturated carbocycles. The van der Waals surface area contributed by atoms with E-state index in [4.69, 9.17) is 10.5 Å². The first-order valence-electron chi connectivity index (χ1n) is 10.00. The normalized spacial score (nSPS) is 38.8. The topological polar surface area (TPSA) is 64.3 Å². The molecule has 4 nitrogen and oxygen atoms in total. The fourth-order valence-corrected chi connectivity index (χ4v) is 6.40. The molecule has 0 radical (unpaired) electrons. The molecular weight excluding hydrogens is 356 g/mol. The van der Waals surface area contributed by atoms with Crippen molar-refractivity contribution in [3.63, 3.8) is 0 Å². The average Bonchev–Trinajstić information content (AvgIpc) is 3.18. The van der Waals surface area contributed by atoms with Crippen molar-refractivity contribution >= 4 is 17.7 Å². The van der Waals surface area contributed by atoms with Crippen molar-refractivity contribution in [2.45, 2.75) is 49.5 Å². The van der Waals surface area contributed by atoms with E-state index in [9.17, 15) is 4.79 Å². The predicted octanol–water partition coefficient (Wildman–Crippen LogP) is 3.25. The highest BCUT2D eigenvalue weighted by molar-refractivity contribution is 8.03. The van der Waals surface area contributed by atoms with Gasteiger partial charge in [-0.2, -0.15) is 0 Å². The van der Waals surface area contributed by atoms with Crippen LogP contribution in [0.2, 0.25) is 0 Å². The minimum atomic E-state index is 0.00749. The molecule has 1 aliphatic carbocycles. The standard InChI is InChI=1S/C22H30N2O2S/c1-12-10-17(26-3)18(15-6-4-14(5-7-15)13(2)11-23)19-16-8-9-27-21(16)22(25)24-20(12)19/h4-9,12-13,16-21H,10-11,23H2,1-3H3,(H,24,25)/t12?,13-,16?,17?,18?,19?,20?,21?/m0/s1. The number of piperidine rings is 1. The number of benzene rings is 1. The molecule has 2 heterocycles. The molecule has 1 saturated heterocycles. The van der Waals surface area contributed by atoms with Crippen LogP contribution in [0, 0.1) is 17.8 Å². The Morgan fingerprint density at radius 2 is 2.07 bits per heavy atom. The van der Waals surface area contributed by atoms with Gasteiger partial charge in [-0.05, 0) is 47.3 Å². The molecule has 8 atom stereocenters. The molecule has 0 bridgehead atoms. The zero-order valence-corrected chi connectivity index (χ0v) is 17.1. The van der Waals surface area contributed by atoms with Gasteiger partial charge in [0.05, 0.1) is 11.4 Å². The fraction of sp³-hybridized carbons (Fsp3) is 0.591. The Kier molecular flexibility index (Phi) is 5.36. The third-order valence-electron chi connectivity index (χ3n) is 6.88. The number of ether oxygens (including phenoxy) is 1. The van der Waals surface area contributed by atoms with Crippen molar-refractivity contribution in [2.75, 3.05) is 13.7 Å². The molecule has 2 aliphatic heterocycles.